The number of fused-ring (bicyclic) bond motifs is 2. The number of anilines is 2. The number of nitrogens with one attached hydrogen (secondary N) is 2. The molecule has 21 unspecified atom stereocenters. The molecule has 11 rings (SSSR count). The number of ether oxygens (including phenoxy) is 8. The van der Waals surface area contributed by atoms with Gasteiger partial charge in [0.2, 0.25) is 0 Å². The van der Waals surface area contributed by atoms with E-state index in [1.807, 2.05) is 0 Å². The number of alkyl halides is 2. The second-order valence-electron chi connectivity index (χ2n) is 25.5. The topological polar surface area (TPSA) is 725 Å². The number of halogens is 2. The first-order chi connectivity index (χ1) is 57.7. The molecule has 0 spiro atoms. The molecule has 11 heterocycles. The van der Waals surface area contributed by atoms with Gasteiger partial charge >= 0.3 is 73.3 Å². The molecule has 21 atom stereocenters. The van der Waals surface area contributed by atoms with Crippen LogP contribution in [0.15, 0.2) is 85.7 Å². The molecular weight excluding hydrogens is 1810 g/mol. The minimum absolute atomic E-state index is 0. The normalized spacial score (nSPS) is 25.4. The molecule has 7 aromatic rings. The average Bonchev–Trinajstić information content (AvgIpc) is 1.64. The Kier molecular flexibility index (Phi) is 43.3. The number of aliphatic hydroxyl groups excluding tert-OH is 8. The van der Waals surface area contributed by atoms with E-state index in [4.69, 9.17) is 79.4 Å². The van der Waals surface area contributed by atoms with Crippen molar-refractivity contribution in [3.63, 3.8) is 0 Å². The predicted molar refractivity (Wildman–Crippen MR) is 416 cm³/mol. The van der Waals surface area contributed by atoms with Crippen LogP contribution in [0, 0.1) is 12.3 Å². The van der Waals surface area contributed by atoms with E-state index in [1.54, 1.807) is 10.9 Å². The molecule has 123 heavy (non-hydrogen) atoms. The first kappa shape index (κ1) is 105. The zero-order chi connectivity index (χ0) is 88.2. The fourth-order valence-corrected chi connectivity index (χ4v) is 15.5. The molecule has 2 amide bonds. The van der Waals surface area contributed by atoms with Crippen molar-refractivity contribution >= 4 is 113 Å². The summed E-state index contributed by atoms with van der Waals surface area (Å²) in [6.07, 6.45) is -6.95. The van der Waals surface area contributed by atoms with E-state index < -0.39 is 181 Å². The number of carbonyl (C=O) groups is 2. The van der Waals surface area contributed by atoms with E-state index in [0.29, 0.717) is 68.8 Å². The van der Waals surface area contributed by atoms with Gasteiger partial charge < -0.3 is 120 Å². The molecule has 0 bridgehead atoms. The number of aliphatic hydroxyl groups is 8. The Morgan fingerprint density at radius 2 is 1.00 bits per heavy atom. The first-order valence-corrected chi connectivity index (χ1v) is 51.2. The molecule has 0 aromatic carbocycles. The quantitative estimate of drug-likeness (QED) is 0.00268. The number of rotatable bonds is 43. The number of hydrogen-bond donors (Lipinski definition) is 16. The number of imidazole rings is 2. The van der Waals surface area contributed by atoms with Crippen molar-refractivity contribution in [2.45, 2.75) is 132 Å². The standard InChI is InChI=1S/C30H41FN10O16P2.C24H29N7O14P2.C6H12FN3O2.CH4As.2CH4.Na/c31-3-6-51-8-9-52-7-5-40-12-18(37-38-40)10-33-27-21-28(35-15-34-27)41(16-36-21)30-25(45)23(43)20(56-30)14-54-59(49,50)57-58(47,48)53-13-19-22(42)24(44)29(55-19)39-4-1-2-17(11-39)26(32)46;1-2-5-26-21-15-22(28-10-27-21)31(11-29-15)24-19(35)17(33)14(44-24)9-42-47(39,40)45-46(37,38)41-8-13-16(32)18(34)23(43-13)30-6-3-4-12(7-30)20(25)36;7-1-3-11-5-6-12-4-2-9-10-8;1-2;;;/h1-2,4,11-12,15-16,19-20,22-25,29-30,42-45H,3,5-10,13-14H2,(H4-,32,33,34,35,46,47,48,49,50);1,3-4,6-7,10-11,13-14,16-19,23-24,32-35H,5,8-9H2,(H4-,25,26,27,28,36,37,38,39,40);1-6H2;2H,1H3;2*1H4;/q;;;-1;;;+1/p+2/i31-1;;7-1;;;;. The van der Waals surface area contributed by atoms with E-state index in [0.717, 1.165) is 0 Å². The number of carbonyl (C=O) groups excluding carboxylic acids is 2. The SMILES string of the molecule is C.C.C#CCNc1ncnc2c1ncn2C1OC(COP(=O)(O)OP(=O)(O)OCC2OC([n+]3cccc(C(N)=O)c3)C(O)C2O)C(O)C1O.C[AsH][Na].NC(=O)c1ccc[n+](C2OC(COP(=O)(O)OP(=O)(O)OCC3OC(n4cnc5c(NCc6cn(CCOCCOCC[18F])nn6)ncnc54)C(O)C3O)C(O)C2O)c1.[N-]=[N+]=NCCOCCOCC[18F]. The third-order valence-corrected chi connectivity index (χ3v) is 22.1. The number of aromatic nitrogens is 13. The van der Waals surface area contributed by atoms with Crippen LogP contribution in [0.3, 0.4) is 0 Å². The third-order valence-electron chi connectivity index (χ3n) is 16.9. The number of hydrogen-bond acceptors (Lipinski definition) is 39. The van der Waals surface area contributed by atoms with Gasteiger partial charge in [-0.2, -0.15) is 17.8 Å². The molecule has 7 aromatic heterocycles. The molecule has 4 aliphatic rings. The fourth-order valence-electron chi connectivity index (χ4n) is 11.3. The molecule has 0 aliphatic carbocycles. The summed E-state index contributed by atoms with van der Waals surface area (Å²) in [5, 5.41) is 102. The Labute approximate surface area is 719 Å². The van der Waals surface area contributed by atoms with Crippen LogP contribution in [0.2, 0.25) is 5.71 Å². The van der Waals surface area contributed by atoms with Gasteiger partial charge in [0.25, 0.3) is 24.3 Å². The number of azide groups is 1. The second-order valence-corrected chi connectivity index (χ2v) is 38.9. The van der Waals surface area contributed by atoms with Gasteiger partial charge in [-0.25, -0.2) is 61.6 Å². The number of nitrogens with two attached hydrogens (primary N) is 2. The monoisotopic (exact) mass is 1900 g/mol. The molecule has 4 aliphatic heterocycles. The average molecular weight is 1900 g/mol. The van der Waals surface area contributed by atoms with Crippen LogP contribution in [0.25, 0.3) is 32.8 Å². The van der Waals surface area contributed by atoms with Gasteiger partial charge in [0, 0.05) is 23.6 Å². The number of terminal acetylenes is 1. The van der Waals surface area contributed by atoms with Gasteiger partial charge in [-0.3, -0.25) is 36.8 Å². The van der Waals surface area contributed by atoms with Crippen LogP contribution in [0.5, 0.6) is 0 Å². The summed E-state index contributed by atoms with van der Waals surface area (Å²) in [7, 11) is -21.6. The van der Waals surface area contributed by atoms with Crippen molar-refractivity contribution in [1.29, 1.82) is 0 Å². The van der Waals surface area contributed by atoms with Crippen molar-refractivity contribution in [2.75, 3.05) is 116 Å². The van der Waals surface area contributed by atoms with Crippen LogP contribution in [0.1, 0.15) is 66.2 Å². The zero-order valence-electron chi connectivity index (χ0n) is 63.9. The van der Waals surface area contributed by atoms with Crippen molar-refractivity contribution in [3.05, 3.63) is 108 Å². The molecule has 0 saturated carbocycles. The minimum atomic E-state index is -5.44. The maximum Gasteiger partial charge on any atom is 0.481 e. The number of phosphoric acid groups is 4. The fraction of sp³-hybridized carbons (Fsp3) is 0.587. The maximum atomic E-state index is 12.7. The van der Waals surface area contributed by atoms with E-state index in [1.165, 1.54) is 118 Å². The summed E-state index contributed by atoms with van der Waals surface area (Å²) in [5.74, 6) is 1.42. The van der Waals surface area contributed by atoms with Crippen molar-refractivity contribution in [3.8, 4) is 12.3 Å². The predicted octanol–water partition coefficient (Wildman–Crippen LogP) is -2.82. The van der Waals surface area contributed by atoms with Crippen molar-refractivity contribution < 1.29 is 171 Å². The smallest absolute Gasteiger partial charge is 0.387 e. The van der Waals surface area contributed by atoms with Gasteiger partial charge in [0.1, 0.15) is 104 Å². The zero-order valence-corrected chi connectivity index (χ0v) is 71.6. The van der Waals surface area contributed by atoms with E-state index in [-0.39, 0.29) is 87.0 Å². The Morgan fingerprint density at radius 3 is 1.40 bits per heavy atom. The van der Waals surface area contributed by atoms with Crippen LogP contribution in [-0.4, -0.2) is 342 Å². The molecule has 4 fully saturated rings. The summed E-state index contributed by atoms with van der Waals surface area (Å²) in [4.78, 5) is 91.1. The van der Waals surface area contributed by atoms with Crippen LogP contribution < -0.4 is 31.2 Å². The van der Waals surface area contributed by atoms with E-state index in [9.17, 15) is 97.1 Å². The van der Waals surface area contributed by atoms with Crippen LogP contribution >= 0.6 is 31.3 Å². The number of nitrogens with zero attached hydrogens (tertiary/aromatic N) is 16. The van der Waals surface area contributed by atoms with Gasteiger partial charge in [-0.1, -0.05) is 31.1 Å². The minimum Gasteiger partial charge on any atom is -0.387 e. The van der Waals surface area contributed by atoms with Crippen molar-refractivity contribution in [2.24, 2.45) is 16.6 Å². The number of amides is 2. The van der Waals surface area contributed by atoms with Gasteiger partial charge in [0.15, 0.2) is 83.4 Å². The molecular formula is C63H96AsF2N20NaO32P4+2. The molecule has 52 nitrogen and oxygen atoms in total. The van der Waals surface area contributed by atoms with E-state index >= 15 is 0 Å². The molecule has 4 saturated heterocycles. The summed E-state index contributed by atoms with van der Waals surface area (Å²) >= 11 is 2.13. The molecule has 18 N–H and O–H groups in total. The number of pyridine rings is 2. The summed E-state index contributed by atoms with van der Waals surface area (Å²) in [6.45, 7) is -1.44. The third kappa shape index (κ3) is 30.7. The largest absolute Gasteiger partial charge is 0.481 e. The van der Waals surface area contributed by atoms with Crippen LogP contribution in [0.4, 0.5) is 20.4 Å². The van der Waals surface area contributed by atoms with Crippen LogP contribution in [-0.2, 0) is 96.0 Å². The summed E-state index contributed by atoms with van der Waals surface area (Å²) in [6, 6.07) is 5.66. The Balaban J connectivity index is 0.000000327. The first-order valence-electron chi connectivity index (χ1n) is 35.9. The molecule has 0 radical (unpaired) electrons. The molecule has 60 heteroatoms. The summed E-state index contributed by atoms with van der Waals surface area (Å²) in [5.41, 5.74) is 22.3. The van der Waals surface area contributed by atoms with Crippen molar-refractivity contribution in [1.82, 2.24) is 54.0 Å². The Morgan fingerprint density at radius 1 is 0.610 bits per heavy atom. The van der Waals surface area contributed by atoms with Gasteiger partial charge in [-0.05, 0) is 17.7 Å². The number of primary amides is 2. The molecule has 678 valence electrons. The Hall–Kier alpha value is -6.75. The maximum absolute atomic E-state index is 12.7. The number of phosphoric ester groups is 4. The van der Waals surface area contributed by atoms with Gasteiger partial charge in [0.05, 0.1) is 118 Å². The Bertz CT molecular complexity index is 4800. The second kappa shape index (κ2) is 50.7. The summed E-state index contributed by atoms with van der Waals surface area (Å²) < 4.78 is 151. The van der Waals surface area contributed by atoms with E-state index in [2.05, 4.69) is 81.1 Å². The van der Waals surface area contributed by atoms with Gasteiger partial charge in [-0.15, -0.1) is 11.5 Å².